The lowest BCUT2D eigenvalue weighted by atomic mass is 10.1. The van der Waals surface area contributed by atoms with Crippen LogP contribution in [0.15, 0.2) is 36.5 Å². The highest BCUT2D eigenvalue weighted by molar-refractivity contribution is 6.95. The van der Waals surface area contributed by atoms with Crippen LogP contribution < -0.4 is 5.19 Å². The zero-order valence-electron chi connectivity index (χ0n) is 18.1. The number of morpholine rings is 1. The van der Waals surface area contributed by atoms with E-state index >= 15 is 0 Å². The average Bonchev–Trinajstić information content (AvgIpc) is 2.65. The first-order chi connectivity index (χ1) is 13.7. The second kappa shape index (κ2) is 10.8. The van der Waals surface area contributed by atoms with Gasteiger partial charge in [0.05, 0.1) is 17.8 Å². The van der Waals surface area contributed by atoms with E-state index in [-0.39, 0.29) is 0 Å². The molecule has 2 rings (SSSR count). The Balaban J connectivity index is 1.75. The third-order valence-corrected chi connectivity index (χ3v) is 9.92. The summed E-state index contributed by atoms with van der Waals surface area (Å²) in [5.74, 6) is 0. The van der Waals surface area contributed by atoms with Crippen LogP contribution in [0.25, 0.3) is 0 Å². The molecule has 3 unspecified atom stereocenters. The lowest BCUT2D eigenvalue weighted by Gasteiger charge is -2.35. The molecule has 0 aromatic heterocycles. The predicted molar refractivity (Wildman–Crippen MR) is 117 cm³/mol. The zero-order chi connectivity index (χ0) is 21.5. The molecule has 1 fully saturated rings. The normalized spacial score (nSPS) is 23.0. The standard InChI is InChI=1S/C23H36F3NOSi/c1-5-29(4,22-14-10-9-13-21(22)23(24,25)26)16-12-8-6-7-11-15-27-17-19(2)28-20(3)18-27/h5,9-10,13-14,19-20H,1,6-8,11-12,15-18H2,2-4H3. The molecule has 0 aliphatic carbocycles. The van der Waals surface area contributed by atoms with Crippen LogP contribution in [0.2, 0.25) is 12.6 Å². The summed E-state index contributed by atoms with van der Waals surface area (Å²) < 4.78 is 46.0. The molecule has 1 aromatic carbocycles. The lowest BCUT2D eigenvalue weighted by Crippen LogP contribution is -2.46. The van der Waals surface area contributed by atoms with Gasteiger partial charge in [-0.1, -0.05) is 68.2 Å². The Morgan fingerprint density at radius 2 is 1.66 bits per heavy atom. The van der Waals surface area contributed by atoms with E-state index < -0.39 is 19.8 Å². The minimum atomic E-state index is -4.30. The lowest BCUT2D eigenvalue weighted by molar-refractivity contribution is -0.136. The van der Waals surface area contributed by atoms with E-state index in [2.05, 4.69) is 25.3 Å². The van der Waals surface area contributed by atoms with Gasteiger partial charge in [0.15, 0.2) is 0 Å². The van der Waals surface area contributed by atoms with E-state index in [0.29, 0.717) is 17.4 Å². The Labute approximate surface area is 175 Å². The van der Waals surface area contributed by atoms with Crippen molar-refractivity contribution in [2.45, 2.75) is 76.9 Å². The first-order valence-electron chi connectivity index (χ1n) is 10.8. The van der Waals surface area contributed by atoms with Gasteiger partial charge in [0.2, 0.25) is 0 Å². The number of benzene rings is 1. The second-order valence-corrected chi connectivity index (χ2v) is 13.0. The monoisotopic (exact) mass is 427 g/mol. The maximum atomic E-state index is 13.4. The predicted octanol–water partition coefficient (Wildman–Crippen LogP) is 5.78. The Hall–Kier alpha value is -1.11. The highest BCUT2D eigenvalue weighted by Gasteiger charge is 2.38. The zero-order valence-corrected chi connectivity index (χ0v) is 19.1. The van der Waals surface area contributed by atoms with Crippen molar-refractivity contribution in [3.8, 4) is 0 Å². The quantitative estimate of drug-likeness (QED) is 0.347. The van der Waals surface area contributed by atoms with Crippen LogP contribution in [-0.2, 0) is 10.9 Å². The SMILES string of the molecule is C=C[Si](C)(CCCCCCCN1CC(C)OC(C)C1)c1ccccc1C(F)(F)F. The summed E-state index contributed by atoms with van der Waals surface area (Å²) in [5.41, 5.74) is 1.33. The van der Waals surface area contributed by atoms with Crippen molar-refractivity contribution in [1.82, 2.24) is 4.90 Å². The van der Waals surface area contributed by atoms with Gasteiger partial charge in [-0.2, -0.15) is 13.2 Å². The Bertz CT molecular complexity index is 641. The molecule has 29 heavy (non-hydrogen) atoms. The summed E-state index contributed by atoms with van der Waals surface area (Å²) in [6.07, 6.45) is 1.82. The molecule has 1 aromatic rings. The number of ether oxygens (including phenoxy) is 1. The van der Waals surface area contributed by atoms with Crippen LogP contribution in [-0.4, -0.2) is 44.8 Å². The second-order valence-electron chi connectivity index (χ2n) is 8.70. The molecule has 1 saturated heterocycles. The molecule has 0 radical (unpaired) electrons. The van der Waals surface area contributed by atoms with E-state index in [4.69, 9.17) is 4.74 Å². The summed E-state index contributed by atoms with van der Waals surface area (Å²) in [6, 6.07) is 6.87. The number of halogens is 3. The van der Waals surface area contributed by atoms with E-state index in [0.717, 1.165) is 44.9 Å². The summed E-state index contributed by atoms with van der Waals surface area (Å²) in [5, 5.41) is 0.470. The van der Waals surface area contributed by atoms with Gasteiger partial charge in [-0.3, -0.25) is 4.90 Å². The number of hydrogen-bond donors (Lipinski definition) is 0. The Morgan fingerprint density at radius 1 is 1.07 bits per heavy atom. The van der Waals surface area contributed by atoms with E-state index in [1.165, 1.54) is 25.0 Å². The van der Waals surface area contributed by atoms with Gasteiger partial charge in [0.25, 0.3) is 0 Å². The van der Waals surface area contributed by atoms with Crippen molar-refractivity contribution in [2.24, 2.45) is 0 Å². The van der Waals surface area contributed by atoms with Crippen molar-refractivity contribution >= 4 is 13.3 Å². The summed E-state index contributed by atoms with van der Waals surface area (Å²) >= 11 is 0. The third kappa shape index (κ3) is 7.26. The highest BCUT2D eigenvalue weighted by atomic mass is 28.3. The third-order valence-electron chi connectivity index (χ3n) is 5.96. The van der Waals surface area contributed by atoms with Crippen molar-refractivity contribution < 1.29 is 17.9 Å². The van der Waals surface area contributed by atoms with Gasteiger partial charge < -0.3 is 4.74 Å². The van der Waals surface area contributed by atoms with Gasteiger partial charge in [-0.25, -0.2) is 0 Å². The summed E-state index contributed by atoms with van der Waals surface area (Å²) in [7, 11) is -2.34. The van der Waals surface area contributed by atoms with Crippen LogP contribution >= 0.6 is 0 Å². The van der Waals surface area contributed by atoms with Crippen molar-refractivity contribution in [1.29, 1.82) is 0 Å². The van der Waals surface area contributed by atoms with E-state index in [9.17, 15) is 13.2 Å². The van der Waals surface area contributed by atoms with Crippen LogP contribution in [0.1, 0.15) is 51.5 Å². The first-order valence-corrected chi connectivity index (χ1v) is 13.6. The fourth-order valence-corrected chi connectivity index (χ4v) is 7.40. The van der Waals surface area contributed by atoms with Crippen LogP contribution in [0.3, 0.4) is 0 Å². The molecule has 1 heterocycles. The summed E-state index contributed by atoms with van der Waals surface area (Å²) in [6.45, 7) is 13.3. The number of rotatable bonds is 10. The Morgan fingerprint density at radius 3 is 2.28 bits per heavy atom. The molecular formula is C23H36F3NOSi. The highest BCUT2D eigenvalue weighted by Crippen LogP contribution is 2.30. The largest absolute Gasteiger partial charge is 0.416 e. The van der Waals surface area contributed by atoms with Gasteiger partial charge in [0, 0.05) is 13.1 Å². The number of alkyl halides is 3. The maximum Gasteiger partial charge on any atom is 0.416 e. The smallest absolute Gasteiger partial charge is 0.373 e. The molecule has 0 saturated carbocycles. The topological polar surface area (TPSA) is 12.5 Å². The molecule has 0 spiro atoms. The molecule has 3 atom stereocenters. The molecule has 0 N–H and O–H groups in total. The molecule has 6 heteroatoms. The first kappa shape index (κ1) is 24.2. The minimum absolute atomic E-state index is 0.305. The number of hydrogen-bond acceptors (Lipinski definition) is 2. The minimum Gasteiger partial charge on any atom is -0.373 e. The Kier molecular flexibility index (Phi) is 8.98. The van der Waals surface area contributed by atoms with Gasteiger partial charge in [-0.05, 0) is 32.0 Å². The molecule has 0 bridgehead atoms. The van der Waals surface area contributed by atoms with Crippen LogP contribution in [0, 0.1) is 0 Å². The van der Waals surface area contributed by atoms with Gasteiger partial charge in [-0.15, -0.1) is 6.58 Å². The van der Waals surface area contributed by atoms with Crippen LogP contribution in [0.4, 0.5) is 13.2 Å². The van der Waals surface area contributed by atoms with Crippen LogP contribution in [0.5, 0.6) is 0 Å². The van der Waals surface area contributed by atoms with Gasteiger partial charge in [0.1, 0.15) is 8.07 Å². The molecule has 164 valence electrons. The molecular weight excluding hydrogens is 391 g/mol. The summed E-state index contributed by atoms with van der Waals surface area (Å²) in [4.78, 5) is 2.48. The van der Waals surface area contributed by atoms with E-state index in [1.807, 2.05) is 12.2 Å². The molecule has 0 amide bonds. The number of unbranched alkanes of at least 4 members (excludes halogenated alkanes) is 4. The molecule has 1 aliphatic rings. The fraction of sp³-hybridized carbons (Fsp3) is 0.652. The van der Waals surface area contributed by atoms with E-state index in [1.54, 1.807) is 12.1 Å². The van der Waals surface area contributed by atoms with Crippen molar-refractivity contribution in [3.05, 3.63) is 42.1 Å². The maximum absolute atomic E-state index is 13.4. The van der Waals surface area contributed by atoms with Gasteiger partial charge >= 0.3 is 6.18 Å². The molecule has 1 aliphatic heterocycles. The van der Waals surface area contributed by atoms with Crippen molar-refractivity contribution in [3.63, 3.8) is 0 Å². The number of nitrogens with zero attached hydrogens (tertiary/aromatic N) is 1. The average molecular weight is 428 g/mol. The fourth-order valence-electron chi connectivity index (χ4n) is 4.40. The molecule has 2 nitrogen and oxygen atoms in total. The van der Waals surface area contributed by atoms with Crippen molar-refractivity contribution in [2.75, 3.05) is 19.6 Å².